The molecule has 0 fully saturated rings. The number of halogens is 1. The van der Waals surface area contributed by atoms with Gasteiger partial charge in [-0.05, 0) is 43.2 Å². The minimum absolute atomic E-state index is 0.168. The minimum atomic E-state index is -0.383. The standard InChI is InChI=1S/C27H34ClN5O3/c1-18-10-9-12-21(19(18)2)29-26(35)32(14-15-36-6)17-25(34)30-24-16-23(27(3,4)5)31-33(24)22-13-8-7-11-20(22)28/h7-13,16H,14-15,17H2,1-6H3,(H,29,35)(H,30,34). The lowest BCUT2D eigenvalue weighted by atomic mass is 9.92. The molecule has 0 aliphatic heterocycles. The van der Waals surface area contributed by atoms with Gasteiger partial charge in [-0.25, -0.2) is 9.48 Å². The zero-order chi connectivity index (χ0) is 26.5. The van der Waals surface area contributed by atoms with Gasteiger partial charge in [-0.3, -0.25) is 4.79 Å². The van der Waals surface area contributed by atoms with Crippen LogP contribution < -0.4 is 10.6 Å². The predicted molar refractivity (Wildman–Crippen MR) is 144 cm³/mol. The first-order valence-corrected chi connectivity index (χ1v) is 12.2. The van der Waals surface area contributed by atoms with Crippen molar-refractivity contribution in [2.24, 2.45) is 0 Å². The molecule has 3 rings (SSSR count). The van der Waals surface area contributed by atoms with Crippen LogP contribution in [0.15, 0.2) is 48.5 Å². The van der Waals surface area contributed by atoms with Crippen molar-refractivity contribution in [2.45, 2.75) is 40.0 Å². The highest BCUT2D eigenvalue weighted by atomic mass is 35.5. The molecular weight excluding hydrogens is 478 g/mol. The number of carbonyl (C=O) groups excluding carboxylic acids is 2. The Kier molecular flexibility index (Phi) is 8.76. The van der Waals surface area contributed by atoms with E-state index in [9.17, 15) is 9.59 Å². The number of rotatable bonds is 8. The van der Waals surface area contributed by atoms with Gasteiger partial charge in [0.05, 0.1) is 23.0 Å². The van der Waals surface area contributed by atoms with Crippen LogP contribution in [0, 0.1) is 13.8 Å². The molecule has 0 spiro atoms. The second-order valence-electron chi connectivity index (χ2n) is 9.67. The molecule has 1 aromatic heterocycles. The molecular formula is C27H34ClN5O3. The maximum Gasteiger partial charge on any atom is 0.322 e. The molecule has 0 unspecified atom stereocenters. The molecule has 36 heavy (non-hydrogen) atoms. The van der Waals surface area contributed by atoms with E-state index in [4.69, 9.17) is 21.4 Å². The van der Waals surface area contributed by atoms with E-state index >= 15 is 0 Å². The summed E-state index contributed by atoms with van der Waals surface area (Å²) in [5.74, 6) is 0.107. The average molecular weight is 512 g/mol. The molecule has 0 saturated carbocycles. The van der Waals surface area contributed by atoms with Crippen LogP contribution in [0.5, 0.6) is 0 Å². The molecule has 0 bridgehead atoms. The number of carbonyl (C=O) groups is 2. The summed E-state index contributed by atoms with van der Waals surface area (Å²) in [7, 11) is 1.55. The van der Waals surface area contributed by atoms with Gasteiger partial charge in [-0.2, -0.15) is 5.10 Å². The van der Waals surface area contributed by atoms with Crippen molar-refractivity contribution in [1.82, 2.24) is 14.7 Å². The smallest absolute Gasteiger partial charge is 0.322 e. The number of benzene rings is 2. The van der Waals surface area contributed by atoms with Crippen molar-refractivity contribution >= 4 is 35.0 Å². The first kappa shape index (κ1) is 27.2. The van der Waals surface area contributed by atoms with Crippen LogP contribution in [0.3, 0.4) is 0 Å². The van der Waals surface area contributed by atoms with E-state index in [1.807, 2.05) is 77.1 Å². The minimum Gasteiger partial charge on any atom is -0.383 e. The van der Waals surface area contributed by atoms with Crippen molar-refractivity contribution in [3.63, 3.8) is 0 Å². The summed E-state index contributed by atoms with van der Waals surface area (Å²) in [6.45, 7) is 10.4. The highest BCUT2D eigenvalue weighted by Crippen LogP contribution is 2.29. The number of para-hydroxylation sites is 1. The number of aryl methyl sites for hydroxylation is 1. The molecule has 8 nitrogen and oxygen atoms in total. The van der Waals surface area contributed by atoms with Gasteiger partial charge < -0.3 is 20.3 Å². The molecule has 1 heterocycles. The van der Waals surface area contributed by atoms with E-state index in [1.54, 1.807) is 17.9 Å². The maximum atomic E-state index is 13.1. The zero-order valence-corrected chi connectivity index (χ0v) is 22.4. The second kappa shape index (κ2) is 11.6. The SMILES string of the molecule is COCCN(CC(=O)Nc1cc(C(C)(C)C)nn1-c1ccccc1Cl)C(=O)Nc1cccc(C)c1C. The van der Waals surface area contributed by atoms with E-state index in [-0.39, 0.29) is 30.4 Å². The lowest BCUT2D eigenvalue weighted by Crippen LogP contribution is -2.42. The Morgan fingerprint density at radius 1 is 1.08 bits per heavy atom. The van der Waals surface area contributed by atoms with E-state index < -0.39 is 0 Å². The zero-order valence-electron chi connectivity index (χ0n) is 21.7. The van der Waals surface area contributed by atoms with Crippen molar-refractivity contribution in [2.75, 3.05) is 37.4 Å². The first-order chi connectivity index (χ1) is 17.0. The molecule has 2 aromatic carbocycles. The molecule has 9 heteroatoms. The van der Waals surface area contributed by atoms with Gasteiger partial charge in [-0.15, -0.1) is 0 Å². The topological polar surface area (TPSA) is 88.5 Å². The number of ether oxygens (including phenoxy) is 1. The van der Waals surface area contributed by atoms with E-state index in [0.717, 1.165) is 16.8 Å². The lowest BCUT2D eigenvalue weighted by molar-refractivity contribution is -0.116. The Labute approximate surface area is 217 Å². The largest absolute Gasteiger partial charge is 0.383 e. The summed E-state index contributed by atoms with van der Waals surface area (Å²) in [6, 6.07) is 14.4. The Bertz CT molecular complexity index is 1230. The Balaban J connectivity index is 1.83. The molecule has 3 aromatic rings. The fraction of sp³-hybridized carbons (Fsp3) is 0.370. The molecule has 0 aliphatic rings. The Morgan fingerprint density at radius 2 is 1.81 bits per heavy atom. The van der Waals surface area contributed by atoms with Crippen molar-refractivity contribution in [3.05, 3.63) is 70.4 Å². The summed E-state index contributed by atoms with van der Waals surface area (Å²) < 4.78 is 6.79. The molecule has 3 amide bonds. The van der Waals surface area contributed by atoms with Crippen molar-refractivity contribution in [1.29, 1.82) is 0 Å². The van der Waals surface area contributed by atoms with Crippen LogP contribution in [0.4, 0.5) is 16.3 Å². The number of urea groups is 1. The van der Waals surface area contributed by atoms with E-state index in [0.29, 0.717) is 28.8 Å². The highest BCUT2D eigenvalue weighted by molar-refractivity contribution is 6.32. The monoisotopic (exact) mass is 511 g/mol. The van der Waals surface area contributed by atoms with Crippen LogP contribution >= 0.6 is 11.6 Å². The van der Waals surface area contributed by atoms with Crippen molar-refractivity contribution < 1.29 is 14.3 Å². The van der Waals surface area contributed by atoms with Crippen LogP contribution in [0.2, 0.25) is 5.02 Å². The van der Waals surface area contributed by atoms with Crippen LogP contribution in [-0.2, 0) is 14.9 Å². The Morgan fingerprint density at radius 3 is 2.47 bits per heavy atom. The molecule has 2 N–H and O–H groups in total. The van der Waals surface area contributed by atoms with Gasteiger partial charge >= 0.3 is 6.03 Å². The number of hydrogen-bond acceptors (Lipinski definition) is 4. The third kappa shape index (κ3) is 6.65. The van der Waals surface area contributed by atoms with Gasteiger partial charge in [0, 0.05) is 30.8 Å². The van der Waals surface area contributed by atoms with Gasteiger partial charge in [0.1, 0.15) is 12.4 Å². The molecule has 0 atom stereocenters. The Hall–Kier alpha value is -3.36. The average Bonchev–Trinajstić information content (AvgIpc) is 3.23. The highest BCUT2D eigenvalue weighted by Gasteiger charge is 2.24. The molecule has 0 radical (unpaired) electrons. The number of nitrogens with one attached hydrogen (secondary N) is 2. The predicted octanol–water partition coefficient (Wildman–Crippen LogP) is 5.56. The lowest BCUT2D eigenvalue weighted by Gasteiger charge is -2.23. The number of amides is 3. The van der Waals surface area contributed by atoms with Crippen LogP contribution in [-0.4, -0.2) is 53.4 Å². The van der Waals surface area contributed by atoms with Crippen LogP contribution in [0.25, 0.3) is 5.69 Å². The molecule has 0 aliphatic carbocycles. The summed E-state index contributed by atoms with van der Waals surface area (Å²) in [5, 5.41) is 11.0. The second-order valence-corrected chi connectivity index (χ2v) is 10.1. The first-order valence-electron chi connectivity index (χ1n) is 11.8. The fourth-order valence-corrected chi connectivity index (χ4v) is 3.75. The van der Waals surface area contributed by atoms with E-state index in [1.165, 1.54) is 4.90 Å². The van der Waals surface area contributed by atoms with Gasteiger partial charge in [0.25, 0.3) is 0 Å². The summed E-state index contributed by atoms with van der Waals surface area (Å²) >= 11 is 6.43. The number of nitrogens with zero attached hydrogens (tertiary/aromatic N) is 3. The quantitative estimate of drug-likeness (QED) is 0.414. The van der Waals surface area contributed by atoms with Gasteiger partial charge in [0.2, 0.25) is 5.91 Å². The van der Waals surface area contributed by atoms with Crippen LogP contribution in [0.1, 0.15) is 37.6 Å². The summed E-state index contributed by atoms with van der Waals surface area (Å²) in [5.41, 5.74) is 3.93. The third-order valence-corrected chi connectivity index (χ3v) is 6.18. The number of methoxy groups -OCH3 is 1. The number of aromatic nitrogens is 2. The maximum absolute atomic E-state index is 13.1. The number of hydrogen-bond donors (Lipinski definition) is 2. The third-order valence-electron chi connectivity index (χ3n) is 5.86. The normalized spacial score (nSPS) is 11.3. The molecule has 0 saturated heterocycles. The fourth-order valence-electron chi connectivity index (χ4n) is 3.53. The van der Waals surface area contributed by atoms with Gasteiger partial charge in [0.15, 0.2) is 0 Å². The summed E-state index contributed by atoms with van der Waals surface area (Å²) in [6.07, 6.45) is 0. The molecule has 192 valence electrons. The number of anilines is 2. The summed E-state index contributed by atoms with van der Waals surface area (Å²) in [4.78, 5) is 27.6. The van der Waals surface area contributed by atoms with E-state index in [2.05, 4.69) is 10.6 Å². The van der Waals surface area contributed by atoms with Crippen molar-refractivity contribution in [3.8, 4) is 5.69 Å². The van der Waals surface area contributed by atoms with Gasteiger partial charge in [-0.1, -0.05) is 56.6 Å².